The summed E-state index contributed by atoms with van der Waals surface area (Å²) in [7, 11) is 2.51. The van der Waals surface area contributed by atoms with Gasteiger partial charge in [0.1, 0.15) is 5.75 Å². The molecule has 0 saturated heterocycles. The van der Waals surface area contributed by atoms with Gasteiger partial charge in [0.2, 0.25) is 0 Å². The van der Waals surface area contributed by atoms with E-state index in [4.69, 9.17) is 4.74 Å². The molecule has 108 valence electrons. The molecule has 0 fully saturated rings. The van der Waals surface area contributed by atoms with Crippen LogP contribution in [0.4, 0.5) is 13.2 Å². The number of carbonyl (C=O) groups excluding carboxylic acids is 1. The lowest BCUT2D eigenvalue weighted by atomic mass is 10.1. The highest BCUT2D eigenvalue weighted by Crippen LogP contribution is 2.38. The van der Waals surface area contributed by atoms with Gasteiger partial charge in [0.05, 0.1) is 31.7 Å². The molecule has 0 aliphatic heterocycles. The maximum atomic E-state index is 13.0. The molecular weight excluding hydrogens is 275 g/mol. The number of hydrogen-bond donors (Lipinski definition) is 1. The van der Waals surface area contributed by atoms with Crippen molar-refractivity contribution in [2.24, 2.45) is 0 Å². The first-order valence-electron chi connectivity index (χ1n) is 5.68. The molecule has 0 radical (unpaired) electrons. The van der Waals surface area contributed by atoms with Gasteiger partial charge in [-0.25, -0.2) is 0 Å². The second kappa shape index (κ2) is 5.07. The van der Waals surface area contributed by atoms with E-state index in [1.54, 1.807) is 0 Å². The summed E-state index contributed by atoms with van der Waals surface area (Å²) in [6.45, 7) is 0. The van der Waals surface area contributed by atoms with Gasteiger partial charge < -0.3 is 14.5 Å². The van der Waals surface area contributed by atoms with Gasteiger partial charge in [-0.3, -0.25) is 4.79 Å². The first-order chi connectivity index (χ1) is 9.36. The number of aromatic nitrogens is 1. The van der Waals surface area contributed by atoms with Crippen LogP contribution in [0.15, 0.2) is 18.3 Å². The number of benzene rings is 1. The van der Waals surface area contributed by atoms with Gasteiger partial charge in [-0.2, -0.15) is 13.2 Å². The average molecular weight is 287 g/mol. The lowest BCUT2D eigenvalue weighted by molar-refractivity contribution is -0.139. The third kappa shape index (κ3) is 2.56. The highest BCUT2D eigenvalue weighted by Gasteiger charge is 2.34. The van der Waals surface area contributed by atoms with Gasteiger partial charge in [-0.05, 0) is 17.7 Å². The van der Waals surface area contributed by atoms with E-state index in [2.05, 4.69) is 9.72 Å². The Morgan fingerprint density at radius 2 is 2.00 bits per heavy atom. The number of H-pyrrole nitrogens is 1. The summed E-state index contributed by atoms with van der Waals surface area (Å²) < 4.78 is 48.4. The molecule has 1 aromatic heterocycles. The zero-order valence-corrected chi connectivity index (χ0v) is 10.8. The second-order valence-corrected chi connectivity index (χ2v) is 4.16. The summed E-state index contributed by atoms with van der Waals surface area (Å²) in [4.78, 5) is 13.8. The molecule has 2 rings (SSSR count). The fourth-order valence-electron chi connectivity index (χ4n) is 1.98. The van der Waals surface area contributed by atoms with E-state index in [0.717, 1.165) is 6.07 Å². The first kappa shape index (κ1) is 14.2. The molecule has 4 nitrogen and oxygen atoms in total. The van der Waals surface area contributed by atoms with Crippen molar-refractivity contribution < 1.29 is 27.4 Å². The Labute approximate surface area is 112 Å². The fraction of sp³-hybridized carbons (Fsp3) is 0.308. The van der Waals surface area contributed by atoms with E-state index < -0.39 is 17.7 Å². The molecule has 1 heterocycles. The van der Waals surface area contributed by atoms with Gasteiger partial charge in [0.25, 0.3) is 0 Å². The number of carbonyl (C=O) groups is 1. The predicted octanol–water partition coefficient (Wildman–Crippen LogP) is 2.91. The second-order valence-electron chi connectivity index (χ2n) is 4.16. The fourth-order valence-corrected chi connectivity index (χ4v) is 1.98. The highest BCUT2D eigenvalue weighted by molar-refractivity contribution is 5.90. The summed E-state index contributed by atoms with van der Waals surface area (Å²) in [6.07, 6.45) is -3.25. The van der Waals surface area contributed by atoms with E-state index >= 15 is 0 Å². The van der Waals surface area contributed by atoms with E-state index in [-0.39, 0.29) is 17.7 Å². The average Bonchev–Trinajstić information content (AvgIpc) is 2.79. The maximum absolute atomic E-state index is 13.0. The quantitative estimate of drug-likeness (QED) is 0.883. The molecular formula is C13H12F3NO3. The van der Waals surface area contributed by atoms with Crippen LogP contribution in [0.25, 0.3) is 10.9 Å². The lowest BCUT2D eigenvalue weighted by Gasteiger charge is -2.10. The molecule has 0 aliphatic rings. The molecule has 1 aromatic carbocycles. The minimum Gasteiger partial charge on any atom is -0.497 e. The Morgan fingerprint density at radius 3 is 2.55 bits per heavy atom. The van der Waals surface area contributed by atoms with Crippen LogP contribution in [0.5, 0.6) is 5.75 Å². The minimum absolute atomic E-state index is 0.0720. The number of ether oxygens (including phenoxy) is 2. The number of nitrogens with one attached hydrogen (secondary N) is 1. The minimum atomic E-state index is -4.51. The van der Waals surface area contributed by atoms with Crippen LogP contribution in [0, 0.1) is 0 Å². The maximum Gasteiger partial charge on any atom is 0.418 e. The molecule has 0 aliphatic carbocycles. The third-order valence-corrected chi connectivity index (χ3v) is 2.95. The molecule has 0 atom stereocenters. The van der Waals surface area contributed by atoms with Crippen molar-refractivity contribution in [1.29, 1.82) is 0 Å². The molecule has 0 saturated carbocycles. The Kier molecular flexibility index (Phi) is 3.61. The van der Waals surface area contributed by atoms with Gasteiger partial charge >= 0.3 is 12.1 Å². The number of methoxy groups -OCH3 is 2. The first-order valence-corrected chi connectivity index (χ1v) is 5.68. The zero-order valence-electron chi connectivity index (χ0n) is 10.8. The number of hydrogen-bond acceptors (Lipinski definition) is 3. The van der Waals surface area contributed by atoms with Crippen LogP contribution in [0.3, 0.4) is 0 Å². The van der Waals surface area contributed by atoms with Crippen LogP contribution in [-0.2, 0) is 22.1 Å². The van der Waals surface area contributed by atoms with Crippen LogP contribution in [-0.4, -0.2) is 25.2 Å². The largest absolute Gasteiger partial charge is 0.497 e. The summed E-state index contributed by atoms with van der Waals surface area (Å²) in [5.74, 6) is -0.446. The number of aromatic amines is 1. The smallest absolute Gasteiger partial charge is 0.418 e. The number of halogens is 3. The molecule has 0 spiro atoms. The third-order valence-electron chi connectivity index (χ3n) is 2.95. The molecule has 2 aromatic rings. The van der Waals surface area contributed by atoms with Crippen molar-refractivity contribution in [1.82, 2.24) is 4.98 Å². The number of esters is 1. The Balaban J connectivity index is 2.63. The van der Waals surface area contributed by atoms with Crippen LogP contribution >= 0.6 is 0 Å². The van der Waals surface area contributed by atoms with Crippen molar-refractivity contribution in [2.75, 3.05) is 14.2 Å². The Bertz CT molecular complexity index is 646. The molecule has 1 N–H and O–H groups in total. The number of rotatable bonds is 3. The van der Waals surface area contributed by atoms with Gasteiger partial charge in [0, 0.05) is 11.6 Å². The lowest BCUT2D eigenvalue weighted by Crippen LogP contribution is -2.07. The Hall–Kier alpha value is -2.18. The van der Waals surface area contributed by atoms with E-state index in [0.29, 0.717) is 10.9 Å². The SMILES string of the molecule is COC(=O)Cc1c[nH]c2c(C(F)(F)F)cc(OC)cc12. The number of fused-ring (bicyclic) bond motifs is 1. The van der Waals surface area contributed by atoms with Crippen molar-refractivity contribution >= 4 is 16.9 Å². The van der Waals surface area contributed by atoms with Crippen molar-refractivity contribution in [2.45, 2.75) is 12.6 Å². The zero-order chi connectivity index (χ0) is 14.9. The topological polar surface area (TPSA) is 51.3 Å². The predicted molar refractivity (Wildman–Crippen MR) is 65.6 cm³/mol. The van der Waals surface area contributed by atoms with Crippen LogP contribution in [0.1, 0.15) is 11.1 Å². The van der Waals surface area contributed by atoms with E-state index in [1.807, 2.05) is 0 Å². The van der Waals surface area contributed by atoms with Crippen molar-refractivity contribution in [3.63, 3.8) is 0 Å². The highest BCUT2D eigenvalue weighted by atomic mass is 19.4. The molecule has 20 heavy (non-hydrogen) atoms. The normalized spacial score (nSPS) is 11.7. The van der Waals surface area contributed by atoms with Gasteiger partial charge in [-0.15, -0.1) is 0 Å². The van der Waals surface area contributed by atoms with Gasteiger partial charge in [0.15, 0.2) is 0 Å². The van der Waals surface area contributed by atoms with Crippen LogP contribution in [0.2, 0.25) is 0 Å². The number of alkyl halides is 3. The summed E-state index contributed by atoms with van der Waals surface area (Å²) in [5.41, 5.74) is -0.476. The van der Waals surface area contributed by atoms with E-state index in [1.165, 1.54) is 26.5 Å². The van der Waals surface area contributed by atoms with Crippen LogP contribution < -0.4 is 4.74 Å². The molecule has 0 bridgehead atoms. The standard InChI is InChI=1S/C13H12F3NO3/c1-19-8-4-9-7(3-11(18)20-2)6-17-12(9)10(5-8)13(14,15)16/h4-6,17H,3H2,1-2H3. The molecule has 0 amide bonds. The Morgan fingerprint density at radius 1 is 1.30 bits per heavy atom. The summed E-state index contributed by atoms with van der Waals surface area (Å²) in [6, 6.07) is 2.38. The summed E-state index contributed by atoms with van der Waals surface area (Å²) >= 11 is 0. The van der Waals surface area contributed by atoms with Crippen molar-refractivity contribution in [3.05, 3.63) is 29.5 Å². The molecule has 0 unspecified atom stereocenters. The van der Waals surface area contributed by atoms with Gasteiger partial charge in [-0.1, -0.05) is 0 Å². The van der Waals surface area contributed by atoms with E-state index in [9.17, 15) is 18.0 Å². The monoisotopic (exact) mass is 287 g/mol. The summed E-state index contributed by atoms with van der Waals surface area (Å²) in [5, 5.41) is 0.294. The van der Waals surface area contributed by atoms with Crippen molar-refractivity contribution in [3.8, 4) is 5.75 Å². The molecule has 7 heteroatoms.